The van der Waals surface area contributed by atoms with Crippen LogP contribution in [0.2, 0.25) is 0 Å². The smallest absolute Gasteiger partial charge is 0.161 e. The van der Waals surface area contributed by atoms with Gasteiger partial charge < -0.3 is 14.6 Å². The Bertz CT molecular complexity index is 1130. The SMILES string of the molecule is COc1ccc(C(C)=NC(=NC(=N)c2cccc(C)c2O)c2ccc(OC)cc2)cc1. The van der Waals surface area contributed by atoms with E-state index in [-0.39, 0.29) is 11.6 Å². The standard InChI is InChI=1S/C25H25N3O3/c1-16-6-5-7-22(23(16)29)24(26)28-25(19-10-14-21(31-4)15-11-19)27-17(2)18-8-12-20(30-3)13-9-18/h5-15,26,29H,1-4H3. The molecule has 0 radical (unpaired) electrons. The molecule has 3 aromatic rings. The second kappa shape index (κ2) is 9.71. The predicted octanol–water partition coefficient (Wildman–Crippen LogP) is 5.00. The van der Waals surface area contributed by atoms with Crippen LogP contribution in [0.5, 0.6) is 17.2 Å². The summed E-state index contributed by atoms with van der Waals surface area (Å²) in [5.74, 6) is 1.81. The summed E-state index contributed by atoms with van der Waals surface area (Å²) in [6, 6.07) is 20.1. The molecule has 158 valence electrons. The van der Waals surface area contributed by atoms with E-state index in [1.807, 2.05) is 55.5 Å². The Hall–Kier alpha value is -3.93. The number of hydrogen-bond donors (Lipinski definition) is 2. The molecule has 3 rings (SSSR count). The van der Waals surface area contributed by atoms with Crippen LogP contribution < -0.4 is 9.47 Å². The van der Waals surface area contributed by atoms with E-state index in [1.54, 1.807) is 39.3 Å². The van der Waals surface area contributed by atoms with E-state index in [9.17, 15) is 5.11 Å². The molecule has 0 spiro atoms. The fraction of sp³-hybridized carbons (Fsp3) is 0.160. The largest absolute Gasteiger partial charge is 0.507 e. The Labute approximate surface area is 182 Å². The van der Waals surface area contributed by atoms with E-state index in [0.29, 0.717) is 22.7 Å². The summed E-state index contributed by atoms with van der Waals surface area (Å²) in [6.45, 7) is 3.67. The van der Waals surface area contributed by atoms with E-state index >= 15 is 0 Å². The zero-order chi connectivity index (χ0) is 22.4. The van der Waals surface area contributed by atoms with Gasteiger partial charge in [-0.2, -0.15) is 0 Å². The molecule has 0 aliphatic heterocycles. The number of methoxy groups -OCH3 is 2. The lowest BCUT2D eigenvalue weighted by Crippen LogP contribution is -2.08. The first-order chi connectivity index (χ1) is 14.9. The maximum atomic E-state index is 10.4. The number of phenolic OH excluding ortho intramolecular Hbond substituents is 1. The molecule has 0 heterocycles. The Morgan fingerprint density at radius 1 is 0.806 bits per heavy atom. The zero-order valence-electron chi connectivity index (χ0n) is 18.0. The van der Waals surface area contributed by atoms with Gasteiger partial charge in [0.1, 0.15) is 17.2 Å². The van der Waals surface area contributed by atoms with Crippen molar-refractivity contribution in [3.05, 3.63) is 89.0 Å². The Kier molecular flexibility index (Phi) is 6.82. The molecule has 0 amide bonds. The maximum absolute atomic E-state index is 10.4. The average molecular weight is 415 g/mol. The molecule has 6 nitrogen and oxygen atoms in total. The molecule has 0 aliphatic rings. The number of nitrogens with one attached hydrogen (secondary N) is 1. The second-order valence-corrected chi connectivity index (χ2v) is 6.91. The summed E-state index contributed by atoms with van der Waals surface area (Å²) in [6.07, 6.45) is 0. The summed E-state index contributed by atoms with van der Waals surface area (Å²) >= 11 is 0. The van der Waals surface area contributed by atoms with Crippen LogP contribution in [-0.4, -0.2) is 36.7 Å². The minimum atomic E-state index is -0.0710. The fourth-order valence-electron chi connectivity index (χ4n) is 2.97. The summed E-state index contributed by atoms with van der Waals surface area (Å²) in [5, 5.41) is 18.8. The minimum absolute atomic E-state index is 0.0428. The number of hydrogen-bond acceptors (Lipinski definition) is 4. The molecule has 0 atom stereocenters. The van der Waals surface area contributed by atoms with Crippen LogP contribution in [0.3, 0.4) is 0 Å². The van der Waals surface area contributed by atoms with Gasteiger partial charge in [-0.3, -0.25) is 5.41 Å². The van der Waals surface area contributed by atoms with Crippen molar-refractivity contribution < 1.29 is 14.6 Å². The molecular formula is C25H25N3O3. The number of rotatable bonds is 5. The number of phenols is 1. The molecular weight excluding hydrogens is 390 g/mol. The van der Waals surface area contributed by atoms with Crippen molar-refractivity contribution in [1.29, 1.82) is 5.41 Å². The van der Waals surface area contributed by atoms with Crippen molar-refractivity contribution in [2.24, 2.45) is 9.98 Å². The van der Waals surface area contributed by atoms with Gasteiger partial charge in [0.25, 0.3) is 0 Å². The Morgan fingerprint density at radius 3 is 1.90 bits per heavy atom. The lowest BCUT2D eigenvalue weighted by molar-refractivity contribution is 0.414. The van der Waals surface area contributed by atoms with E-state index in [2.05, 4.69) is 4.99 Å². The number of nitrogens with zero attached hydrogens (tertiary/aromatic N) is 2. The number of ether oxygens (including phenoxy) is 2. The first-order valence-corrected chi connectivity index (χ1v) is 9.73. The summed E-state index contributed by atoms with van der Waals surface area (Å²) in [4.78, 5) is 9.17. The quantitative estimate of drug-likeness (QED) is 0.454. The van der Waals surface area contributed by atoms with Gasteiger partial charge in [0.15, 0.2) is 11.7 Å². The van der Waals surface area contributed by atoms with Crippen molar-refractivity contribution in [3.63, 3.8) is 0 Å². The van der Waals surface area contributed by atoms with Crippen LogP contribution in [-0.2, 0) is 0 Å². The lowest BCUT2D eigenvalue weighted by Gasteiger charge is -2.09. The number of aryl methyl sites for hydroxylation is 1. The second-order valence-electron chi connectivity index (χ2n) is 6.91. The molecule has 0 aromatic heterocycles. The summed E-state index contributed by atoms with van der Waals surface area (Å²) < 4.78 is 10.5. The van der Waals surface area contributed by atoms with Gasteiger partial charge in [0, 0.05) is 11.3 Å². The average Bonchev–Trinajstić information content (AvgIpc) is 2.80. The van der Waals surface area contributed by atoms with E-state index in [4.69, 9.17) is 19.9 Å². The summed E-state index contributed by atoms with van der Waals surface area (Å²) in [7, 11) is 3.23. The number of aromatic hydroxyl groups is 1. The van der Waals surface area contributed by atoms with Crippen LogP contribution in [0.4, 0.5) is 0 Å². The van der Waals surface area contributed by atoms with Crippen molar-refractivity contribution >= 4 is 17.4 Å². The van der Waals surface area contributed by atoms with Gasteiger partial charge in [-0.1, -0.05) is 12.1 Å². The first-order valence-electron chi connectivity index (χ1n) is 9.73. The van der Waals surface area contributed by atoms with Gasteiger partial charge in [0.2, 0.25) is 0 Å². The van der Waals surface area contributed by atoms with Gasteiger partial charge >= 0.3 is 0 Å². The number of amidine groups is 2. The van der Waals surface area contributed by atoms with Crippen LogP contribution in [0.15, 0.2) is 76.7 Å². The van der Waals surface area contributed by atoms with Crippen molar-refractivity contribution in [2.45, 2.75) is 13.8 Å². The fourth-order valence-corrected chi connectivity index (χ4v) is 2.97. The highest BCUT2D eigenvalue weighted by molar-refractivity contribution is 6.16. The van der Waals surface area contributed by atoms with Crippen molar-refractivity contribution in [1.82, 2.24) is 0 Å². The number of aliphatic imine (C=N–C) groups is 2. The topological polar surface area (TPSA) is 87.3 Å². The summed E-state index contributed by atoms with van der Waals surface area (Å²) in [5.41, 5.74) is 3.40. The van der Waals surface area contributed by atoms with E-state index in [1.165, 1.54) is 0 Å². The minimum Gasteiger partial charge on any atom is -0.507 e. The molecule has 0 unspecified atom stereocenters. The Balaban J connectivity index is 2.06. The highest BCUT2D eigenvalue weighted by Crippen LogP contribution is 2.23. The van der Waals surface area contributed by atoms with Gasteiger partial charge in [-0.15, -0.1) is 0 Å². The van der Waals surface area contributed by atoms with Gasteiger partial charge in [0.05, 0.1) is 19.8 Å². The van der Waals surface area contributed by atoms with Gasteiger partial charge in [-0.05, 0) is 79.6 Å². The van der Waals surface area contributed by atoms with Crippen LogP contribution in [0.1, 0.15) is 29.2 Å². The molecule has 31 heavy (non-hydrogen) atoms. The monoisotopic (exact) mass is 415 g/mol. The third kappa shape index (κ3) is 5.17. The van der Waals surface area contributed by atoms with Crippen molar-refractivity contribution in [3.8, 4) is 17.2 Å². The highest BCUT2D eigenvalue weighted by Gasteiger charge is 2.12. The van der Waals surface area contributed by atoms with Crippen molar-refractivity contribution in [2.75, 3.05) is 14.2 Å². The number of benzene rings is 3. The number of para-hydroxylation sites is 1. The molecule has 0 fully saturated rings. The molecule has 2 N–H and O–H groups in total. The molecule has 0 bridgehead atoms. The highest BCUT2D eigenvalue weighted by atomic mass is 16.5. The molecule has 0 aliphatic carbocycles. The third-order valence-electron chi connectivity index (χ3n) is 4.84. The Morgan fingerprint density at radius 2 is 1.35 bits per heavy atom. The predicted molar refractivity (Wildman–Crippen MR) is 124 cm³/mol. The van der Waals surface area contributed by atoms with Gasteiger partial charge in [-0.25, -0.2) is 9.98 Å². The molecule has 0 saturated carbocycles. The lowest BCUT2D eigenvalue weighted by atomic mass is 10.1. The van der Waals surface area contributed by atoms with Crippen LogP contribution >= 0.6 is 0 Å². The first kappa shape index (κ1) is 21.8. The van der Waals surface area contributed by atoms with E-state index < -0.39 is 0 Å². The molecule has 3 aromatic carbocycles. The third-order valence-corrected chi connectivity index (χ3v) is 4.84. The molecule has 6 heteroatoms. The van der Waals surface area contributed by atoms with Crippen LogP contribution in [0, 0.1) is 12.3 Å². The zero-order valence-corrected chi connectivity index (χ0v) is 18.0. The normalized spacial score (nSPS) is 11.9. The molecule has 0 saturated heterocycles. The van der Waals surface area contributed by atoms with E-state index in [0.717, 1.165) is 22.6 Å². The van der Waals surface area contributed by atoms with Crippen LogP contribution in [0.25, 0.3) is 0 Å². The maximum Gasteiger partial charge on any atom is 0.161 e.